The summed E-state index contributed by atoms with van der Waals surface area (Å²) in [5.74, 6) is -0.462. The number of carbonyl (C=O) groups is 1. The van der Waals surface area contributed by atoms with E-state index in [1.807, 2.05) is 19.9 Å². The number of fused-ring (bicyclic) bond motifs is 1. The summed E-state index contributed by atoms with van der Waals surface area (Å²) in [5, 5.41) is 17.3. The molecule has 2 aromatic rings. The molecule has 0 radical (unpaired) electrons. The minimum atomic E-state index is -0.892. The number of amides is 1. The monoisotopic (exact) mass is 487 g/mol. The second-order valence-corrected chi connectivity index (χ2v) is 10.4. The van der Waals surface area contributed by atoms with Crippen LogP contribution in [0.2, 0.25) is 0 Å². The molecule has 6 nitrogen and oxygen atoms in total. The fourth-order valence-corrected chi connectivity index (χ4v) is 5.06. The summed E-state index contributed by atoms with van der Waals surface area (Å²) in [4.78, 5) is 16.0. The second kappa shape index (κ2) is 10.6. The maximum atomic E-state index is 14.7. The number of hydrogen-bond donors (Lipinski definition) is 3. The number of benzene rings is 1. The van der Waals surface area contributed by atoms with Gasteiger partial charge in [-0.15, -0.1) is 0 Å². The Bertz CT molecular complexity index is 1040. The van der Waals surface area contributed by atoms with E-state index in [0.29, 0.717) is 30.7 Å². The normalized spacial score (nSPS) is 20.0. The van der Waals surface area contributed by atoms with E-state index in [2.05, 4.69) is 15.6 Å². The highest BCUT2D eigenvalue weighted by Gasteiger charge is 2.46. The van der Waals surface area contributed by atoms with Gasteiger partial charge in [0.2, 0.25) is 17.7 Å². The third kappa shape index (κ3) is 6.16. The van der Waals surface area contributed by atoms with Gasteiger partial charge in [-0.25, -0.2) is 4.39 Å². The van der Waals surface area contributed by atoms with E-state index in [-0.39, 0.29) is 35.8 Å². The lowest BCUT2D eigenvalue weighted by molar-refractivity contribution is -0.120. The second-order valence-electron chi connectivity index (χ2n) is 10.4. The Hall–Kier alpha value is -2.58. The molecular weight excluding hydrogens is 452 g/mol. The summed E-state index contributed by atoms with van der Waals surface area (Å²) in [6, 6.07) is 7.16. The molecule has 1 spiro atoms. The van der Waals surface area contributed by atoms with E-state index < -0.39 is 18.1 Å². The van der Waals surface area contributed by atoms with E-state index in [1.165, 1.54) is 19.1 Å². The average molecular weight is 488 g/mol. The van der Waals surface area contributed by atoms with Crippen molar-refractivity contribution in [3.05, 3.63) is 58.8 Å². The molecule has 1 aromatic heterocycles. The standard InChI is InChI=1S/C27H35F2N3O3/c1-16(2)11-19-13-21-23(14-27(9-4-10-27)35-26(21)32-25(19)29)30-15-24(34)22(31-17(3)33)12-18-5-7-20(28)8-6-18/h5-8,13,16,22-24,30,34H,4,9-12,14-15H2,1-3H3,(H,31,33)/t22-,23-,24+/m0/s1. The van der Waals surface area contributed by atoms with Crippen molar-refractivity contribution in [3.8, 4) is 5.88 Å². The molecule has 1 fully saturated rings. The van der Waals surface area contributed by atoms with Crippen molar-refractivity contribution >= 4 is 5.91 Å². The first-order chi connectivity index (χ1) is 16.6. The Labute approximate surface area is 205 Å². The van der Waals surface area contributed by atoms with Gasteiger partial charge in [0.15, 0.2) is 0 Å². The van der Waals surface area contributed by atoms with E-state index >= 15 is 0 Å². The van der Waals surface area contributed by atoms with Crippen LogP contribution in [0.3, 0.4) is 0 Å². The summed E-state index contributed by atoms with van der Waals surface area (Å²) in [6.45, 7) is 5.69. The molecule has 1 amide bonds. The average Bonchev–Trinajstić information content (AvgIpc) is 2.77. The molecule has 4 rings (SSSR count). The van der Waals surface area contributed by atoms with Crippen LogP contribution >= 0.6 is 0 Å². The Morgan fingerprint density at radius 3 is 2.54 bits per heavy atom. The highest BCUT2D eigenvalue weighted by atomic mass is 19.1. The van der Waals surface area contributed by atoms with Gasteiger partial charge < -0.3 is 20.5 Å². The molecular formula is C27H35F2N3O3. The Morgan fingerprint density at radius 1 is 1.23 bits per heavy atom. The van der Waals surface area contributed by atoms with Crippen molar-refractivity contribution in [3.63, 3.8) is 0 Å². The van der Waals surface area contributed by atoms with Crippen molar-refractivity contribution in [1.82, 2.24) is 15.6 Å². The van der Waals surface area contributed by atoms with Gasteiger partial charge in [0.05, 0.1) is 12.1 Å². The van der Waals surface area contributed by atoms with Gasteiger partial charge in [0.1, 0.15) is 11.4 Å². The smallest absolute Gasteiger partial charge is 0.221 e. The highest BCUT2D eigenvalue weighted by Crippen LogP contribution is 2.48. The Balaban J connectivity index is 1.51. The molecule has 2 aliphatic rings. The Kier molecular flexibility index (Phi) is 7.71. The molecule has 2 heterocycles. The molecule has 1 aromatic carbocycles. The molecule has 0 saturated heterocycles. The number of hydrogen-bond acceptors (Lipinski definition) is 5. The molecule has 1 saturated carbocycles. The van der Waals surface area contributed by atoms with Crippen LogP contribution in [-0.4, -0.2) is 40.3 Å². The first kappa shape index (κ1) is 25.5. The maximum absolute atomic E-state index is 14.7. The van der Waals surface area contributed by atoms with Gasteiger partial charge in [-0.2, -0.15) is 9.37 Å². The zero-order chi connectivity index (χ0) is 25.2. The molecule has 8 heteroatoms. The van der Waals surface area contributed by atoms with Crippen LogP contribution in [0.25, 0.3) is 0 Å². The SMILES string of the molecule is CC(=O)N[C@@H](Cc1ccc(F)cc1)[C@H](O)CN[C@H]1CC2(CCC2)Oc2nc(F)c(CC(C)C)cc21. The lowest BCUT2D eigenvalue weighted by Gasteiger charge is -2.47. The molecule has 1 aliphatic carbocycles. The lowest BCUT2D eigenvalue weighted by atomic mass is 9.73. The zero-order valence-corrected chi connectivity index (χ0v) is 20.6. The van der Waals surface area contributed by atoms with Crippen molar-refractivity contribution in [2.24, 2.45) is 5.92 Å². The van der Waals surface area contributed by atoms with Crippen molar-refractivity contribution in [2.75, 3.05) is 6.54 Å². The number of aliphatic hydroxyl groups is 1. The van der Waals surface area contributed by atoms with Gasteiger partial charge in [-0.3, -0.25) is 4.79 Å². The number of aromatic nitrogens is 1. The van der Waals surface area contributed by atoms with Crippen molar-refractivity contribution in [1.29, 1.82) is 0 Å². The number of rotatable bonds is 9. The van der Waals surface area contributed by atoms with E-state index in [4.69, 9.17) is 4.74 Å². The quantitative estimate of drug-likeness (QED) is 0.466. The van der Waals surface area contributed by atoms with Gasteiger partial charge >= 0.3 is 0 Å². The third-order valence-electron chi connectivity index (χ3n) is 6.99. The number of nitrogens with one attached hydrogen (secondary N) is 2. The number of aliphatic hydroxyl groups excluding tert-OH is 1. The largest absolute Gasteiger partial charge is 0.471 e. The number of pyridine rings is 1. The first-order valence-corrected chi connectivity index (χ1v) is 12.5. The number of nitrogens with zero attached hydrogens (tertiary/aromatic N) is 1. The molecule has 190 valence electrons. The topological polar surface area (TPSA) is 83.5 Å². The van der Waals surface area contributed by atoms with Gasteiger partial charge in [-0.1, -0.05) is 26.0 Å². The van der Waals surface area contributed by atoms with Gasteiger partial charge in [0.25, 0.3) is 0 Å². The Morgan fingerprint density at radius 2 is 1.94 bits per heavy atom. The first-order valence-electron chi connectivity index (χ1n) is 12.5. The van der Waals surface area contributed by atoms with E-state index in [9.17, 15) is 18.7 Å². The summed E-state index contributed by atoms with van der Waals surface area (Å²) >= 11 is 0. The van der Waals surface area contributed by atoms with E-state index in [1.54, 1.807) is 12.1 Å². The van der Waals surface area contributed by atoms with Crippen LogP contribution in [0.15, 0.2) is 30.3 Å². The maximum Gasteiger partial charge on any atom is 0.221 e. The third-order valence-corrected chi connectivity index (χ3v) is 6.99. The van der Waals surface area contributed by atoms with Gasteiger partial charge in [0, 0.05) is 37.1 Å². The van der Waals surface area contributed by atoms with Crippen molar-refractivity contribution < 1.29 is 23.4 Å². The number of carbonyl (C=O) groups excluding carboxylic acids is 1. The lowest BCUT2D eigenvalue weighted by Crippen LogP contribution is -2.52. The molecule has 35 heavy (non-hydrogen) atoms. The highest BCUT2D eigenvalue weighted by molar-refractivity contribution is 5.73. The molecule has 3 atom stereocenters. The molecule has 3 N–H and O–H groups in total. The van der Waals surface area contributed by atoms with Crippen LogP contribution in [-0.2, 0) is 17.6 Å². The summed E-state index contributed by atoms with van der Waals surface area (Å²) in [7, 11) is 0. The zero-order valence-electron chi connectivity index (χ0n) is 20.6. The van der Waals surface area contributed by atoms with Crippen LogP contribution < -0.4 is 15.4 Å². The summed E-state index contributed by atoms with van der Waals surface area (Å²) < 4.78 is 34.2. The van der Waals surface area contributed by atoms with E-state index in [0.717, 1.165) is 30.4 Å². The van der Waals surface area contributed by atoms with Crippen LogP contribution in [0.5, 0.6) is 5.88 Å². The number of ether oxygens (including phenoxy) is 1. The minimum Gasteiger partial charge on any atom is -0.471 e. The van der Waals surface area contributed by atoms with Crippen LogP contribution in [0.4, 0.5) is 8.78 Å². The molecule has 1 aliphatic heterocycles. The van der Waals surface area contributed by atoms with Gasteiger partial charge in [-0.05, 0) is 61.8 Å². The van der Waals surface area contributed by atoms with Crippen molar-refractivity contribution in [2.45, 2.75) is 83.1 Å². The summed E-state index contributed by atoms with van der Waals surface area (Å²) in [6.07, 6.45) is 3.60. The summed E-state index contributed by atoms with van der Waals surface area (Å²) in [5.41, 5.74) is 1.83. The fourth-order valence-electron chi connectivity index (χ4n) is 5.06. The van der Waals surface area contributed by atoms with Crippen LogP contribution in [0.1, 0.15) is 69.2 Å². The van der Waals surface area contributed by atoms with Crippen LogP contribution in [0, 0.1) is 17.7 Å². The minimum absolute atomic E-state index is 0.156. The molecule has 0 unspecified atom stereocenters. The predicted octanol–water partition coefficient (Wildman–Crippen LogP) is 4.00. The molecule has 0 bridgehead atoms. The fraction of sp³-hybridized carbons (Fsp3) is 0.556. The number of halogens is 2. The predicted molar refractivity (Wildman–Crippen MR) is 129 cm³/mol.